The van der Waals surface area contributed by atoms with Crippen molar-refractivity contribution in [3.8, 4) is 0 Å². The van der Waals surface area contributed by atoms with E-state index in [9.17, 15) is 4.79 Å². The summed E-state index contributed by atoms with van der Waals surface area (Å²) in [6.07, 6.45) is 2.01. The second kappa shape index (κ2) is 7.06. The lowest BCUT2D eigenvalue weighted by Gasteiger charge is -2.30. The zero-order valence-electron chi connectivity index (χ0n) is 8.67. The van der Waals surface area contributed by atoms with E-state index in [1.54, 1.807) is 15.8 Å². The Morgan fingerprint density at radius 2 is 2.31 bits per heavy atom. The van der Waals surface area contributed by atoms with Gasteiger partial charge in [-0.25, -0.2) is 4.98 Å². The van der Waals surface area contributed by atoms with Crippen LogP contribution in [0.3, 0.4) is 0 Å². The quantitative estimate of drug-likeness (QED) is 0.851. The fourth-order valence-corrected chi connectivity index (χ4v) is 2.20. The van der Waals surface area contributed by atoms with Crippen molar-refractivity contribution in [3.63, 3.8) is 0 Å². The predicted molar refractivity (Wildman–Crippen MR) is 69.7 cm³/mol. The first-order chi connectivity index (χ1) is 6.77. The molecule has 0 bridgehead atoms. The molecule has 1 saturated heterocycles. The van der Waals surface area contributed by atoms with Crippen LogP contribution in [0.5, 0.6) is 0 Å². The van der Waals surface area contributed by atoms with E-state index >= 15 is 0 Å². The van der Waals surface area contributed by atoms with Crippen molar-refractivity contribution in [2.45, 2.75) is 18.9 Å². The average molecular weight is 284 g/mol. The predicted octanol–water partition coefficient (Wildman–Crippen LogP) is 1.55. The van der Waals surface area contributed by atoms with E-state index in [0.717, 1.165) is 19.4 Å². The summed E-state index contributed by atoms with van der Waals surface area (Å²) in [6, 6.07) is 0.131. The molecule has 0 aliphatic carbocycles. The number of nitrogens with two attached hydrogens (primary N) is 1. The number of hydrogen-bond donors (Lipinski definition) is 1. The van der Waals surface area contributed by atoms with Crippen molar-refractivity contribution in [2.24, 2.45) is 5.73 Å². The van der Waals surface area contributed by atoms with Gasteiger partial charge in [0.15, 0.2) is 0 Å². The first kappa shape index (κ1) is 15.6. The first-order valence-electron chi connectivity index (χ1n) is 4.70. The second-order valence-corrected chi connectivity index (χ2v) is 4.25. The molecule has 1 aromatic rings. The van der Waals surface area contributed by atoms with Gasteiger partial charge in [-0.05, 0) is 12.8 Å². The Kier molecular flexibility index (Phi) is 6.90. The number of hydrogen-bond acceptors (Lipinski definition) is 4. The van der Waals surface area contributed by atoms with Crippen LogP contribution in [0, 0.1) is 0 Å². The molecule has 2 rings (SSSR count). The van der Waals surface area contributed by atoms with Crippen molar-refractivity contribution in [3.05, 3.63) is 16.6 Å². The fourth-order valence-electron chi connectivity index (χ4n) is 1.67. The van der Waals surface area contributed by atoms with Gasteiger partial charge in [0.05, 0.1) is 5.51 Å². The zero-order valence-corrected chi connectivity index (χ0v) is 11.1. The maximum absolute atomic E-state index is 11.8. The molecule has 1 amide bonds. The summed E-state index contributed by atoms with van der Waals surface area (Å²) < 4.78 is 0. The van der Waals surface area contributed by atoms with E-state index in [1.165, 1.54) is 11.3 Å². The number of likely N-dealkylation sites (tertiary alicyclic amines) is 1. The molecule has 1 aliphatic rings. The van der Waals surface area contributed by atoms with Gasteiger partial charge in [-0.15, -0.1) is 36.2 Å². The summed E-state index contributed by atoms with van der Waals surface area (Å²) in [4.78, 5) is 17.6. The van der Waals surface area contributed by atoms with Crippen molar-refractivity contribution in [1.82, 2.24) is 9.88 Å². The van der Waals surface area contributed by atoms with Gasteiger partial charge < -0.3 is 10.6 Å². The van der Waals surface area contributed by atoms with Crippen LogP contribution in [-0.4, -0.2) is 34.9 Å². The minimum Gasteiger partial charge on any atom is -0.336 e. The highest BCUT2D eigenvalue weighted by Crippen LogP contribution is 2.12. The Balaban J connectivity index is 0.00000112. The van der Waals surface area contributed by atoms with E-state index in [2.05, 4.69) is 4.98 Å². The maximum atomic E-state index is 11.8. The molecule has 2 heterocycles. The van der Waals surface area contributed by atoms with E-state index in [-0.39, 0.29) is 36.8 Å². The third-order valence-electron chi connectivity index (χ3n) is 2.40. The fraction of sp³-hybridized carbons (Fsp3) is 0.556. The standard InChI is InChI=1S/C9H13N3OS.2ClH/c10-7-2-1-3-12(4-7)9(13)8-5-14-6-11-8;;/h5-7H,1-4,10H2;2*1H/t7-;;/m1../s1. The molecular formula is C9H15Cl2N3OS. The molecule has 0 aromatic carbocycles. The SMILES string of the molecule is Cl.Cl.N[C@@H]1CCCN(C(=O)c2cscn2)C1. The van der Waals surface area contributed by atoms with Crippen LogP contribution in [-0.2, 0) is 0 Å². The molecule has 2 N–H and O–H groups in total. The van der Waals surface area contributed by atoms with E-state index in [1.807, 2.05) is 0 Å². The van der Waals surface area contributed by atoms with Crippen LogP contribution in [0.2, 0.25) is 0 Å². The molecule has 0 saturated carbocycles. The lowest BCUT2D eigenvalue weighted by molar-refractivity contribution is 0.0703. The number of piperidine rings is 1. The summed E-state index contributed by atoms with van der Waals surface area (Å²) >= 11 is 1.44. The highest BCUT2D eigenvalue weighted by atomic mass is 35.5. The lowest BCUT2D eigenvalue weighted by Crippen LogP contribution is -2.45. The molecule has 1 aromatic heterocycles. The lowest BCUT2D eigenvalue weighted by atomic mass is 10.1. The molecule has 0 unspecified atom stereocenters. The van der Waals surface area contributed by atoms with E-state index < -0.39 is 0 Å². The van der Waals surface area contributed by atoms with Crippen LogP contribution >= 0.6 is 36.2 Å². The monoisotopic (exact) mass is 283 g/mol. The van der Waals surface area contributed by atoms with Crippen LogP contribution < -0.4 is 5.73 Å². The maximum Gasteiger partial charge on any atom is 0.273 e. The van der Waals surface area contributed by atoms with E-state index in [0.29, 0.717) is 12.2 Å². The van der Waals surface area contributed by atoms with Crippen LogP contribution in [0.15, 0.2) is 10.9 Å². The largest absolute Gasteiger partial charge is 0.336 e. The molecular weight excluding hydrogens is 269 g/mol. The van der Waals surface area contributed by atoms with Gasteiger partial charge in [0.1, 0.15) is 5.69 Å². The van der Waals surface area contributed by atoms with Crippen LogP contribution in [0.1, 0.15) is 23.3 Å². The minimum atomic E-state index is 0. The normalized spacial score (nSPS) is 19.6. The zero-order chi connectivity index (χ0) is 9.97. The van der Waals surface area contributed by atoms with Gasteiger partial charge >= 0.3 is 0 Å². The molecule has 1 aliphatic heterocycles. The highest BCUT2D eigenvalue weighted by Gasteiger charge is 2.22. The number of carbonyl (C=O) groups excluding carboxylic acids is 1. The van der Waals surface area contributed by atoms with Crippen molar-refractivity contribution >= 4 is 42.1 Å². The number of aromatic nitrogens is 1. The Morgan fingerprint density at radius 3 is 2.88 bits per heavy atom. The molecule has 16 heavy (non-hydrogen) atoms. The third kappa shape index (κ3) is 3.59. The number of thiazole rings is 1. The Hall–Kier alpha value is -0.360. The molecule has 1 fully saturated rings. The topological polar surface area (TPSA) is 59.2 Å². The van der Waals surface area contributed by atoms with Gasteiger partial charge in [-0.3, -0.25) is 4.79 Å². The van der Waals surface area contributed by atoms with Gasteiger partial charge in [0.25, 0.3) is 5.91 Å². The molecule has 1 atom stereocenters. The summed E-state index contributed by atoms with van der Waals surface area (Å²) in [5.41, 5.74) is 8.03. The van der Waals surface area contributed by atoms with Crippen molar-refractivity contribution < 1.29 is 4.79 Å². The smallest absolute Gasteiger partial charge is 0.273 e. The van der Waals surface area contributed by atoms with Gasteiger partial charge in [0.2, 0.25) is 0 Å². The number of rotatable bonds is 1. The average Bonchev–Trinajstić information content (AvgIpc) is 2.69. The number of halogens is 2. The van der Waals surface area contributed by atoms with E-state index in [4.69, 9.17) is 5.73 Å². The first-order valence-corrected chi connectivity index (χ1v) is 5.64. The summed E-state index contributed by atoms with van der Waals surface area (Å²) in [6.45, 7) is 1.47. The summed E-state index contributed by atoms with van der Waals surface area (Å²) in [5, 5.41) is 1.78. The molecule has 4 nitrogen and oxygen atoms in total. The van der Waals surface area contributed by atoms with Gasteiger partial charge in [-0.2, -0.15) is 0 Å². The second-order valence-electron chi connectivity index (χ2n) is 3.53. The summed E-state index contributed by atoms with van der Waals surface area (Å²) in [7, 11) is 0. The minimum absolute atomic E-state index is 0. The Morgan fingerprint density at radius 1 is 1.56 bits per heavy atom. The Bertz CT molecular complexity index is 321. The van der Waals surface area contributed by atoms with Crippen molar-refractivity contribution in [1.29, 1.82) is 0 Å². The highest BCUT2D eigenvalue weighted by molar-refractivity contribution is 7.07. The molecule has 7 heteroatoms. The van der Waals surface area contributed by atoms with Crippen LogP contribution in [0.4, 0.5) is 0 Å². The van der Waals surface area contributed by atoms with Gasteiger partial charge in [-0.1, -0.05) is 0 Å². The number of carbonyl (C=O) groups is 1. The molecule has 92 valence electrons. The summed E-state index contributed by atoms with van der Waals surface area (Å²) in [5.74, 6) is 0.0152. The van der Waals surface area contributed by atoms with Crippen LogP contribution in [0.25, 0.3) is 0 Å². The number of amides is 1. The molecule has 0 radical (unpaired) electrons. The third-order valence-corrected chi connectivity index (χ3v) is 2.98. The molecule has 0 spiro atoms. The Labute approximate surface area is 111 Å². The van der Waals surface area contributed by atoms with Crippen molar-refractivity contribution in [2.75, 3.05) is 13.1 Å². The van der Waals surface area contributed by atoms with Gasteiger partial charge in [0, 0.05) is 24.5 Å². The number of nitrogens with zero attached hydrogens (tertiary/aromatic N) is 2.